The maximum absolute atomic E-state index is 12.3. The molecule has 8 nitrogen and oxygen atoms in total. The predicted octanol–water partition coefficient (Wildman–Crippen LogP) is 3.16. The van der Waals surface area contributed by atoms with Gasteiger partial charge in [0.2, 0.25) is 0 Å². The van der Waals surface area contributed by atoms with Crippen molar-refractivity contribution in [2.75, 3.05) is 0 Å². The third kappa shape index (κ3) is 4.47. The van der Waals surface area contributed by atoms with Gasteiger partial charge in [0.25, 0.3) is 5.91 Å². The van der Waals surface area contributed by atoms with Gasteiger partial charge in [0, 0.05) is 30.0 Å². The van der Waals surface area contributed by atoms with Gasteiger partial charge in [0.15, 0.2) is 16.3 Å². The van der Waals surface area contributed by atoms with E-state index >= 15 is 0 Å². The largest absolute Gasteiger partial charge is 0.459 e. The predicted molar refractivity (Wildman–Crippen MR) is 109 cm³/mol. The van der Waals surface area contributed by atoms with Gasteiger partial charge in [0.1, 0.15) is 5.76 Å². The van der Waals surface area contributed by atoms with Crippen molar-refractivity contribution in [2.24, 2.45) is 4.99 Å². The summed E-state index contributed by atoms with van der Waals surface area (Å²) in [5.41, 5.74) is 1.87. The van der Waals surface area contributed by atoms with Crippen LogP contribution in [-0.2, 0) is 13.1 Å². The quantitative estimate of drug-likeness (QED) is 0.514. The molecule has 0 unspecified atom stereocenters. The third-order valence-corrected chi connectivity index (χ3v) is 5.30. The van der Waals surface area contributed by atoms with E-state index in [0.717, 1.165) is 11.3 Å². The van der Waals surface area contributed by atoms with Gasteiger partial charge in [-0.1, -0.05) is 0 Å². The molecule has 0 aliphatic heterocycles. The van der Waals surface area contributed by atoms with Gasteiger partial charge >= 0.3 is 5.91 Å². The molecule has 4 rings (SSSR count). The zero-order chi connectivity index (χ0) is 20.9. The highest BCUT2D eigenvalue weighted by Gasteiger charge is 2.13. The van der Waals surface area contributed by atoms with Crippen LogP contribution >= 0.6 is 11.3 Å². The molecule has 30 heavy (non-hydrogen) atoms. The normalized spacial score (nSPS) is 11.6. The van der Waals surface area contributed by atoms with E-state index in [9.17, 15) is 9.59 Å². The first-order valence-electron chi connectivity index (χ1n) is 9.13. The number of aryl methyl sites for hydroxylation is 1. The summed E-state index contributed by atoms with van der Waals surface area (Å²) in [5.74, 6) is 0.225. The Morgan fingerprint density at radius 3 is 2.77 bits per heavy atom. The minimum absolute atomic E-state index is 0.179. The molecule has 4 aromatic heterocycles. The topological polar surface area (TPSA) is 103 Å². The molecule has 0 aliphatic rings. The first kappa shape index (κ1) is 19.6. The lowest BCUT2D eigenvalue weighted by molar-refractivity contribution is 0.0920. The fourth-order valence-electron chi connectivity index (χ4n) is 2.75. The van der Waals surface area contributed by atoms with Gasteiger partial charge in [-0.15, -0.1) is 11.3 Å². The Hall–Kier alpha value is -3.72. The summed E-state index contributed by atoms with van der Waals surface area (Å²) in [4.78, 5) is 33.2. The Morgan fingerprint density at radius 2 is 2.00 bits per heavy atom. The molecule has 0 aliphatic carbocycles. The number of aromatic nitrogens is 2. The summed E-state index contributed by atoms with van der Waals surface area (Å²) in [7, 11) is 0. The molecular formula is C21H18N4O4S. The van der Waals surface area contributed by atoms with Crippen molar-refractivity contribution >= 4 is 23.2 Å². The van der Waals surface area contributed by atoms with E-state index in [4.69, 9.17) is 8.83 Å². The number of rotatable bonds is 6. The molecule has 4 aromatic rings. The highest BCUT2D eigenvalue weighted by Crippen LogP contribution is 2.12. The van der Waals surface area contributed by atoms with Crippen molar-refractivity contribution in [2.45, 2.75) is 20.0 Å². The molecule has 2 amide bonds. The van der Waals surface area contributed by atoms with E-state index in [1.165, 1.54) is 17.6 Å². The standard InChI is InChI=1S/C21H18N4O4S/c1-14-13-30-21(24-20(27)17-3-2-10-28-17)25(14)12-16-4-5-18(29-16)19(26)23-11-15-6-8-22-9-7-15/h2-10,13H,11-12H2,1H3,(H,23,26). The van der Waals surface area contributed by atoms with Crippen LogP contribution in [0.25, 0.3) is 0 Å². The molecule has 0 aromatic carbocycles. The summed E-state index contributed by atoms with van der Waals surface area (Å²) in [6.45, 7) is 2.64. The van der Waals surface area contributed by atoms with E-state index in [-0.39, 0.29) is 17.4 Å². The van der Waals surface area contributed by atoms with Crippen LogP contribution in [0.5, 0.6) is 0 Å². The van der Waals surface area contributed by atoms with Crippen LogP contribution in [-0.4, -0.2) is 21.4 Å². The fourth-order valence-corrected chi connectivity index (χ4v) is 3.62. The molecule has 9 heteroatoms. The summed E-state index contributed by atoms with van der Waals surface area (Å²) < 4.78 is 12.7. The monoisotopic (exact) mass is 422 g/mol. The number of carbonyl (C=O) groups is 2. The van der Waals surface area contributed by atoms with Crippen LogP contribution in [0, 0.1) is 6.92 Å². The van der Waals surface area contributed by atoms with E-state index in [1.54, 1.807) is 36.7 Å². The number of furan rings is 2. The Kier molecular flexibility index (Phi) is 5.71. The van der Waals surface area contributed by atoms with Crippen molar-refractivity contribution in [1.29, 1.82) is 0 Å². The molecule has 0 bridgehead atoms. The summed E-state index contributed by atoms with van der Waals surface area (Å²) in [6.07, 6.45) is 4.78. The van der Waals surface area contributed by atoms with E-state index in [1.807, 2.05) is 29.0 Å². The lowest BCUT2D eigenvalue weighted by Gasteiger charge is -2.04. The molecule has 0 fully saturated rings. The van der Waals surface area contributed by atoms with Crippen molar-refractivity contribution in [3.8, 4) is 0 Å². The molecule has 4 heterocycles. The number of carbonyl (C=O) groups excluding carboxylic acids is 2. The van der Waals surface area contributed by atoms with Crippen molar-refractivity contribution in [1.82, 2.24) is 14.9 Å². The van der Waals surface area contributed by atoms with Gasteiger partial charge in [0.05, 0.1) is 12.8 Å². The molecular weight excluding hydrogens is 404 g/mol. The lowest BCUT2D eigenvalue weighted by Crippen LogP contribution is -2.22. The van der Waals surface area contributed by atoms with Crippen LogP contribution in [0.2, 0.25) is 0 Å². The van der Waals surface area contributed by atoms with Crippen molar-refractivity contribution < 1.29 is 18.4 Å². The first-order chi connectivity index (χ1) is 14.6. The third-order valence-electron chi connectivity index (χ3n) is 4.32. The molecule has 1 N–H and O–H groups in total. The van der Waals surface area contributed by atoms with E-state index < -0.39 is 5.91 Å². The molecule has 0 saturated heterocycles. The SMILES string of the molecule is Cc1csc(=NC(=O)c2ccco2)n1Cc1ccc(C(=O)NCc2ccncc2)o1. The minimum Gasteiger partial charge on any atom is -0.459 e. The van der Waals surface area contributed by atoms with Gasteiger partial charge in [-0.25, -0.2) is 0 Å². The molecule has 0 spiro atoms. The summed E-state index contributed by atoms with van der Waals surface area (Å²) >= 11 is 1.35. The minimum atomic E-state index is -0.453. The van der Waals surface area contributed by atoms with Crippen molar-refractivity contribution in [3.63, 3.8) is 0 Å². The average molecular weight is 422 g/mol. The van der Waals surface area contributed by atoms with Crippen LogP contribution in [0.3, 0.4) is 0 Å². The van der Waals surface area contributed by atoms with E-state index in [0.29, 0.717) is 23.7 Å². The second kappa shape index (κ2) is 8.75. The maximum atomic E-state index is 12.3. The number of hydrogen-bond donors (Lipinski definition) is 1. The zero-order valence-electron chi connectivity index (χ0n) is 16.1. The number of thiazole rings is 1. The number of hydrogen-bond acceptors (Lipinski definition) is 6. The smallest absolute Gasteiger partial charge is 0.315 e. The Morgan fingerprint density at radius 1 is 1.17 bits per heavy atom. The number of amides is 2. The molecule has 0 atom stereocenters. The van der Waals surface area contributed by atoms with Gasteiger partial charge in [-0.3, -0.25) is 14.6 Å². The summed E-state index contributed by atoms with van der Waals surface area (Å²) in [5, 5.41) is 4.72. The molecule has 0 saturated carbocycles. The van der Waals surface area contributed by atoms with E-state index in [2.05, 4.69) is 15.3 Å². The Balaban J connectivity index is 1.47. The highest BCUT2D eigenvalue weighted by molar-refractivity contribution is 7.07. The van der Waals surface area contributed by atoms with Gasteiger partial charge in [-0.05, 0) is 48.9 Å². The average Bonchev–Trinajstić information content (AvgIpc) is 3.51. The van der Waals surface area contributed by atoms with Crippen LogP contribution in [0.4, 0.5) is 0 Å². The first-order valence-corrected chi connectivity index (χ1v) is 10.0. The highest BCUT2D eigenvalue weighted by atomic mass is 32.1. The Labute approximate surface area is 175 Å². The zero-order valence-corrected chi connectivity index (χ0v) is 16.9. The molecule has 0 radical (unpaired) electrons. The Bertz CT molecular complexity index is 1220. The van der Waals surface area contributed by atoms with Gasteiger partial charge in [-0.2, -0.15) is 4.99 Å². The van der Waals surface area contributed by atoms with Crippen LogP contribution in [0.1, 0.15) is 38.1 Å². The fraction of sp³-hybridized carbons (Fsp3) is 0.143. The number of nitrogens with zero attached hydrogens (tertiary/aromatic N) is 3. The summed E-state index contributed by atoms with van der Waals surface area (Å²) in [6, 6.07) is 10.2. The maximum Gasteiger partial charge on any atom is 0.315 e. The number of nitrogens with one attached hydrogen (secondary N) is 1. The second-order valence-corrected chi connectivity index (χ2v) is 7.28. The molecule has 152 valence electrons. The van der Waals surface area contributed by atoms with Crippen LogP contribution < -0.4 is 10.1 Å². The lowest BCUT2D eigenvalue weighted by atomic mass is 10.2. The number of pyridine rings is 1. The van der Waals surface area contributed by atoms with Crippen molar-refractivity contribution in [3.05, 3.63) is 93.8 Å². The van der Waals surface area contributed by atoms with Crippen LogP contribution in [0.15, 0.2) is 74.3 Å². The second-order valence-electron chi connectivity index (χ2n) is 6.44. The van der Waals surface area contributed by atoms with Gasteiger partial charge < -0.3 is 18.7 Å².